The van der Waals surface area contributed by atoms with Gasteiger partial charge in [-0.05, 0) is 43.9 Å². The van der Waals surface area contributed by atoms with E-state index < -0.39 is 0 Å². The molecule has 6 heteroatoms. The van der Waals surface area contributed by atoms with Gasteiger partial charge in [0.1, 0.15) is 11.5 Å². The summed E-state index contributed by atoms with van der Waals surface area (Å²) in [4.78, 5) is 12.4. The fourth-order valence-electron chi connectivity index (χ4n) is 3.28. The smallest absolute Gasteiger partial charge is 0.220 e. The molecule has 1 saturated carbocycles. The van der Waals surface area contributed by atoms with Gasteiger partial charge in [0, 0.05) is 18.0 Å². The minimum absolute atomic E-state index is 0. The monoisotopic (exact) mass is 356 g/mol. The van der Waals surface area contributed by atoms with Gasteiger partial charge in [-0.2, -0.15) is 0 Å². The molecule has 0 heterocycles. The maximum atomic E-state index is 12.4. The van der Waals surface area contributed by atoms with Crippen LogP contribution in [0.2, 0.25) is 0 Å². The van der Waals surface area contributed by atoms with Crippen LogP contribution in [0, 0.1) is 5.92 Å². The molecule has 1 amide bonds. The molecular weight excluding hydrogens is 328 g/mol. The zero-order chi connectivity index (χ0) is 16.8. The van der Waals surface area contributed by atoms with Crippen molar-refractivity contribution in [3.05, 3.63) is 23.8 Å². The van der Waals surface area contributed by atoms with Crippen LogP contribution in [0.5, 0.6) is 11.5 Å². The zero-order valence-corrected chi connectivity index (χ0v) is 15.5. The lowest BCUT2D eigenvalue weighted by Crippen LogP contribution is -2.37. The quantitative estimate of drug-likeness (QED) is 0.820. The molecule has 0 saturated heterocycles. The summed E-state index contributed by atoms with van der Waals surface area (Å²) in [6.07, 6.45) is 4.92. The number of methoxy groups -OCH3 is 2. The van der Waals surface area contributed by atoms with Crippen molar-refractivity contribution in [3.8, 4) is 11.5 Å². The van der Waals surface area contributed by atoms with Crippen molar-refractivity contribution in [1.82, 2.24) is 5.32 Å². The Balaban J connectivity index is 0.00000288. The second kappa shape index (κ2) is 9.74. The number of hydrogen-bond donors (Lipinski definition) is 2. The van der Waals surface area contributed by atoms with Crippen LogP contribution in [0.4, 0.5) is 0 Å². The lowest BCUT2D eigenvalue weighted by molar-refractivity contribution is -0.123. The van der Waals surface area contributed by atoms with E-state index in [9.17, 15) is 4.79 Å². The van der Waals surface area contributed by atoms with E-state index in [0.717, 1.165) is 29.9 Å². The van der Waals surface area contributed by atoms with E-state index in [1.165, 1.54) is 12.8 Å². The number of benzene rings is 1. The molecule has 0 bridgehead atoms. The Morgan fingerprint density at radius 2 is 2.00 bits per heavy atom. The Bertz CT molecular complexity index is 539. The molecule has 0 spiro atoms. The van der Waals surface area contributed by atoms with E-state index in [0.29, 0.717) is 12.3 Å². The molecule has 1 aromatic carbocycles. The first kappa shape index (κ1) is 20.6. The lowest BCUT2D eigenvalue weighted by Gasteiger charge is -2.28. The molecule has 3 atom stereocenters. The fraction of sp³-hybridized carbons (Fsp3) is 0.611. The topological polar surface area (TPSA) is 73.6 Å². The third-order valence-corrected chi connectivity index (χ3v) is 4.70. The van der Waals surface area contributed by atoms with E-state index >= 15 is 0 Å². The van der Waals surface area contributed by atoms with Crippen LogP contribution >= 0.6 is 12.4 Å². The van der Waals surface area contributed by atoms with Crippen LogP contribution in [0.25, 0.3) is 0 Å². The Morgan fingerprint density at radius 3 is 2.62 bits per heavy atom. The molecule has 1 fully saturated rings. The largest absolute Gasteiger partial charge is 0.497 e. The number of nitrogens with two attached hydrogens (primary N) is 1. The number of halogens is 1. The molecule has 2 rings (SSSR count). The molecule has 0 aliphatic heterocycles. The predicted molar refractivity (Wildman–Crippen MR) is 97.9 cm³/mol. The zero-order valence-electron chi connectivity index (χ0n) is 14.7. The van der Waals surface area contributed by atoms with Gasteiger partial charge in [-0.1, -0.05) is 12.8 Å². The maximum Gasteiger partial charge on any atom is 0.220 e. The Morgan fingerprint density at radius 1 is 1.29 bits per heavy atom. The molecule has 24 heavy (non-hydrogen) atoms. The van der Waals surface area contributed by atoms with Crippen molar-refractivity contribution < 1.29 is 14.3 Å². The first-order chi connectivity index (χ1) is 11.0. The Kier molecular flexibility index (Phi) is 8.36. The molecule has 5 nitrogen and oxygen atoms in total. The van der Waals surface area contributed by atoms with Gasteiger partial charge in [0.05, 0.1) is 20.3 Å². The van der Waals surface area contributed by atoms with E-state index in [1.807, 2.05) is 25.1 Å². The second-order valence-corrected chi connectivity index (χ2v) is 6.31. The molecule has 136 valence electrons. The average molecular weight is 357 g/mol. The van der Waals surface area contributed by atoms with Crippen molar-refractivity contribution >= 4 is 18.3 Å². The first-order valence-electron chi connectivity index (χ1n) is 8.32. The van der Waals surface area contributed by atoms with Crippen molar-refractivity contribution in [2.24, 2.45) is 11.7 Å². The highest BCUT2D eigenvalue weighted by Gasteiger charge is 2.25. The molecule has 3 unspecified atom stereocenters. The predicted octanol–water partition coefficient (Wildman–Crippen LogP) is 3.21. The minimum Gasteiger partial charge on any atom is -0.497 e. The molecule has 1 aromatic rings. The van der Waals surface area contributed by atoms with Crippen LogP contribution in [-0.4, -0.2) is 26.2 Å². The summed E-state index contributed by atoms with van der Waals surface area (Å²) in [5.74, 6) is 1.83. The van der Waals surface area contributed by atoms with Gasteiger partial charge in [-0.3, -0.25) is 4.79 Å². The third kappa shape index (κ3) is 5.28. The molecular formula is C18H29ClN2O3. The number of rotatable bonds is 6. The van der Waals surface area contributed by atoms with Crippen molar-refractivity contribution in [2.45, 2.75) is 51.1 Å². The summed E-state index contributed by atoms with van der Waals surface area (Å²) >= 11 is 0. The Hall–Kier alpha value is -1.46. The van der Waals surface area contributed by atoms with Crippen molar-refractivity contribution in [3.63, 3.8) is 0 Å². The summed E-state index contributed by atoms with van der Waals surface area (Å²) in [5.41, 5.74) is 7.05. The lowest BCUT2D eigenvalue weighted by atomic mass is 9.83. The summed E-state index contributed by atoms with van der Waals surface area (Å²) in [7, 11) is 3.25. The normalized spacial score (nSPS) is 21.3. The van der Waals surface area contributed by atoms with Crippen LogP contribution in [0.3, 0.4) is 0 Å². The van der Waals surface area contributed by atoms with Crippen LogP contribution in [-0.2, 0) is 4.79 Å². The first-order valence-corrected chi connectivity index (χ1v) is 8.32. The number of carbonyl (C=O) groups is 1. The molecule has 0 radical (unpaired) electrons. The molecule has 0 aromatic heterocycles. The number of ether oxygens (including phenoxy) is 2. The number of nitrogens with one attached hydrogen (secondary N) is 1. The average Bonchev–Trinajstić information content (AvgIpc) is 2.56. The SMILES string of the molecule is COc1ccc(OC)c(C(C)NC(=O)CC2CCCCC2N)c1.Cl. The van der Waals surface area contributed by atoms with Gasteiger partial charge in [0.15, 0.2) is 0 Å². The van der Waals surface area contributed by atoms with E-state index in [-0.39, 0.29) is 30.4 Å². The molecule has 1 aliphatic rings. The Labute approximate surface area is 150 Å². The van der Waals surface area contributed by atoms with E-state index in [1.54, 1.807) is 14.2 Å². The van der Waals surface area contributed by atoms with E-state index in [4.69, 9.17) is 15.2 Å². The van der Waals surface area contributed by atoms with Crippen LogP contribution in [0.15, 0.2) is 18.2 Å². The van der Waals surface area contributed by atoms with Gasteiger partial charge in [0.25, 0.3) is 0 Å². The summed E-state index contributed by atoms with van der Waals surface area (Å²) in [6, 6.07) is 5.60. The number of amides is 1. The minimum atomic E-state index is -0.146. The second-order valence-electron chi connectivity index (χ2n) is 6.31. The number of hydrogen-bond acceptors (Lipinski definition) is 4. The maximum absolute atomic E-state index is 12.4. The van der Waals surface area contributed by atoms with Crippen LogP contribution in [0.1, 0.15) is 50.6 Å². The fourth-order valence-corrected chi connectivity index (χ4v) is 3.28. The van der Waals surface area contributed by atoms with Gasteiger partial charge in [0.2, 0.25) is 5.91 Å². The third-order valence-electron chi connectivity index (χ3n) is 4.70. The summed E-state index contributed by atoms with van der Waals surface area (Å²) < 4.78 is 10.6. The highest BCUT2D eigenvalue weighted by molar-refractivity contribution is 5.85. The van der Waals surface area contributed by atoms with E-state index in [2.05, 4.69) is 5.32 Å². The highest BCUT2D eigenvalue weighted by atomic mass is 35.5. The van der Waals surface area contributed by atoms with Crippen molar-refractivity contribution in [1.29, 1.82) is 0 Å². The standard InChI is InChI=1S/C18H28N2O3.ClH/c1-12(15-11-14(22-2)8-9-17(15)23-3)20-18(21)10-13-6-4-5-7-16(13)19;/h8-9,11-13,16H,4-7,10,19H2,1-3H3,(H,20,21);1H. The summed E-state index contributed by atoms with van der Waals surface area (Å²) in [5, 5.41) is 3.06. The van der Waals surface area contributed by atoms with Gasteiger partial charge < -0.3 is 20.5 Å². The summed E-state index contributed by atoms with van der Waals surface area (Å²) in [6.45, 7) is 1.95. The number of carbonyl (C=O) groups excluding carboxylic acids is 1. The van der Waals surface area contributed by atoms with Crippen molar-refractivity contribution in [2.75, 3.05) is 14.2 Å². The molecule has 1 aliphatic carbocycles. The van der Waals surface area contributed by atoms with Gasteiger partial charge in [-0.15, -0.1) is 12.4 Å². The van der Waals surface area contributed by atoms with Gasteiger partial charge >= 0.3 is 0 Å². The molecule has 3 N–H and O–H groups in total. The highest BCUT2D eigenvalue weighted by Crippen LogP contribution is 2.30. The van der Waals surface area contributed by atoms with Crippen LogP contribution < -0.4 is 20.5 Å². The van der Waals surface area contributed by atoms with Gasteiger partial charge in [-0.25, -0.2) is 0 Å².